The van der Waals surface area contributed by atoms with E-state index >= 15 is 0 Å². The number of carbonyl (C=O) groups excluding carboxylic acids is 1. The van der Waals surface area contributed by atoms with E-state index in [1.165, 1.54) is 12.1 Å². The van der Waals surface area contributed by atoms with E-state index in [1.807, 2.05) is 13.8 Å². The molecule has 0 saturated carbocycles. The van der Waals surface area contributed by atoms with Gasteiger partial charge in [-0.25, -0.2) is 0 Å². The fraction of sp³-hybridized carbons (Fsp3) is 0.462. The number of benzene rings is 1. The molecule has 2 N–H and O–H groups in total. The minimum absolute atomic E-state index is 0.108. The first-order valence-electron chi connectivity index (χ1n) is 6.51. The van der Waals surface area contributed by atoms with Gasteiger partial charge in [-0.3, -0.25) is 14.9 Å². The molecule has 1 unspecified atom stereocenters. The SMILES string of the molecule is CCC(C)NC(=O)CCNc1cc(Cl)c(Cl)cc1[N+](=O)[O-]. The van der Waals surface area contributed by atoms with Gasteiger partial charge in [0, 0.05) is 25.1 Å². The number of anilines is 1. The molecule has 1 rings (SSSR count). The highest BCUT2D eigenvalue weighted by Gasteiger charge is 2.17. The van der Waals surface area contributed by atoms with Crippen molar-refractivity contribution in [3.05, 3.63) is 32.3 Å². The molecule has 116 valence electrons. The van der Waals surface area contributed by atoms with Gasteiger partial charge in [-0.05, 0) is 19.4 Å². The Kier molecular flexibility index (Phi) is 6.71. The Morgan fingerprint density at radius 1 is 1.38 bits per heavy atom. The van der Waals surface area contributed by atoms with Gasteiger partial charge in [0.2, 0.25) is 5.91 Å². The van der Waals surface area contributed by atoms with E-state index in [0.717, 1.165) is 6.42 Å². The largest absolute Gasteiger partial charge is 0.379 e. The van der Waals surface area contributed by atoms with Gasteiger partial charge in [0.05, 0.1) is 15.0 Å². The van der Waals surface area contributed by atoms with Crippen LogP contribution < -0.4 is 10.6 Å². The zero-order chi connectivity index (χ0) is 16.0. The molecular formula is C13H17Cl2N3O3. The maximum absolute atomic E-state index is 11.6. The molecule has 1 aromatic carbocycles. The third-order valence-corrected chi connectivity index (χ3v) is 3.64. The van der Waals surface area contributed by atoms with Crippen LogP contribution in [-0.4, -0.2) is 23.4 Å². The van der Waals surface area contributed by atoms with E-state index in [-0.39, 0.29) is 46.3 Å². The molecule has 0 radical (unpaired) electrons. The summed E-state index contributed by atoms with van der Waals surface area (Å²) < 4.78 is 0. The Balaban J connectivity index is 2.65. The average Bonchev–Trinajstić information content (AvgIpc) is 2.41. The van der Waals surface area contributed by atoms with Crippen LogP contribution in [0, 0.1) is 10.1 Å². The van der Waals surface area contributed by atoms with Gasteiger partial charge in [0.15, 0.2) is 0 Å². The van der Waals surface area contributed by atoms with Crippen molar-refractivity contribution in [2.45, 2.75) is 32.7 Å². The summed E-state index contributed by atoms with van der Waals surface area (Å²) in [4.78, 5) is 22.0. The van der Waals surface area contributed by atoms with Crippen LogP contribution in [0.4, 0.5) is 11.4 Å². The molecule has 0 aromatic heterocycles. The maximum atomic E-state index is 11.6. The minimum Gasteiger partial charge on any atom is -0.379 e. The second-order valence-corrected chi connectivity index (χ2v) is 5.41. The molecule has 0 fully saturated rings. The lowest BCUT2D eigenvalue weighted by Gasteiger charge is -2.12. The van der Waals surface area contributed by atoms with Crippen LogP contribution >= 0.6 is 23.2 Å². The Bertz CT molecular complexity index is 538. The lowest BCUT2D eigenvalue weighted by molar-refractivity contribution is -0.383. The van der Waals surface area contributed by atoms with E-state index in [1.54, 1.807) is 0 Å². The first kappa shape index (κ1) is 17.5. The van der Waals surface area contributed by atoms with Crippen molar-refractivity contribution in [1.29, 1.82) is 0 Å². The number of carbonyl (C=O) groups is 1. The number of amides is 1. The van der Waals surface area contributed by atoms with E-state index in [9.17, 15) is 14.9 Å². The van der Waals surface area contributed by atoms with Crippen molar-refractivity contribution in [1.82, 2.24) is 5.32 Å². The molecule has 0 aliphatic carbocycles. The monoisotopic (exact) mass is 333 g/mol. The standard InChI is InChI=1S/C13H17Cl2N3O3/c1-3-8(2)17-13(19)4-5-16-11-6-9(14)10(15)7-12(11)18(20)21/h6-8,16H,3-5H2,1-2H3,(H,17,19). The highest BCUT2D eigenvalue weighted by molar-refractivity contribution is 6.42. The summed E-state index contributed by atoms with van der Waals surface area (Å²) in [6, 6.07) is 2.68. The van der Waals surface area contributed by atoms with Crippen LogP contribution in [0.25, 0.3) is 0 Å². The summed E-state index contributed by atoms with van der Waals surface area (Å²) in [5.74, 6) is -0.112. The number of hydrogen-bond acceptors (Lipinski definition) is 4. The van der Waals surface area contributed by atoms with Gasteiger partial charge in [-0.1, -0.05) is 30.1 Å². The second-order valence-electron chi connectivity index (χ2n) is 4.59. The van der Waals surface area contributed by atoms with Gasteiger partial charge >= 0.3 is 0 Å². The fourth-order valence-corrected chi connectivity index (χ4v) is 1.91. The summed E-state index contributed by atoms with van der Waals surface area (Å²) in [5, 5.41) is 16.9. The summed E-state index contributed by atoms with van der Waals surface area (Å²) in [5.41, 5.74) is 0.0671. The van der Waals surface area contributed by atoms with E-state index in [0.29, 0.717) is 0 Å². The normalized spacial score (nSPS) is 11.8. The number of nitrogens with one attached hydrogen (secondary N) is 2. The highest BCUT2D eigenvalue weighted by atomic mass is 35.5. The smallest absolute Gasteiger partial charge is 0.293 e. The molecule has 0 saturated heterocycles. The first-order valence-corrected chi connectivity index (χ1v) is 7.27. The third kappa shape index (κ3) is 5.40. The van der Waals surface area contributed by atoms with Gasteiger partial charge in [0.1, 0.15) is 5.69 Å². The number of nitro benzene ring substituents is 1. The van der Waals surface area contributed by atoms with Crippen LogP contribution in [0.15, 0.2) is 12.1 Å². The molecule has 21 heavy (non-hydrogen) atoms. The first-order chi connectivity index (χ1) is 9.85. The van der Waals surface area contributed by atoms with E-state index in [2.05, 4.69) is 10.6 Å². The number of rotatable bonds is 7. The maximum Gasteiger partial charge on any atom is 0.293 e. The Labute approximate surface area is 133 Å². The molecule has 0 bridgehead atoms. The van der Waals surface area contributed by atoms with Crippen molar-refractivity contribution < 1.29 is 9.72 Å². The topological polar surface area (TPSA) is 84.3 Å². The zero-order valence-corrected chi connectivity index (χ0v) is 13.3. The molecule has 0 aliphatic rings. The van der Waals surface area contributed by atoms with Gasteiger partial charge in [-0.15, -0.1) is 0 Å². The minimum atomic E-state index is -0.552. The summed E-state index contributed by atoms with van der Waals surface area (Å²) >= 11 is 11.6. The number of hydrogen-bond donors (Lipinski definition) is 2. The summed E-state index contributed by atoms with van der Waals surface area (Å²) in [6.07, 6.45) is 1.05. The van der Waals surface area contributed by atoms with Crippen LogP contribution in [-0.2, 0) is 4.79 Å². The zero-order valence-electron chi connectivity index (χ0n) is 11.8. The molecule has 0 heterocycles. The number of halogens is 2. The fourth-order valence-electron chi connectivity index (χ4n) is 1.59. The van der Waals surface area contributed by atoms with Crippen LogP contribution in [0.5, 0.6) is 0 Å². The quantitative estimate of drug-likeness (QED) is 0.589. The Morgan fingerprint density at radius 2 is 2.00 bits per heavy atom. The predicted octanol–water partition coefficient (Wildman–Crippen LogP) is 3.62. The van der Waals surface area contributed by atoms with Gasteiger partial charge in [0.25, 0.3) is 5.69 Å². The van der Waals surface area contributed by atoms with Gasteiger partial charge in [-0.2, -0.15) is 0 Å². The van der Waals surface area contributed by atoms with Crippen molar-refractivity contribution in [3.63, 3.8) is 0 Å². The molecule has 1 aromatic rings. The van der Waals surface area contributed by atoms with Crippen LogP contribution in [0.2, 0.25) is 10.0 Å². The molecule has 0 spiro atoms. The molecule has 1 amide bonds. The van der Waals surface area contributed by atoms with Crippen LogP contribution in [0.1, 0.15) is 26.7 Å². The highest BCUT2D eigenvalue weighted by Crippen LogP contribution is 2.33. The number of nitro groups is 1. The molecule has 8 heteroatoms. The summed E-state index contributed by atoms with van der Waals surface area (Å²) in [7, 11) is 0. The van der Waals surface area contributed by atoms with Crippen LogP contribution in [0.3, 0.4) is 0 Å². The van der Waals surface area contributed by atoms with Gasteiger partial charge < -0.3 is 10.6 Å². The third-order valence-electron chi connectivity index (χ3n) is 2.92. The van der Waals surface area contributed by atoms with Crippen molar-refractivity contribution in [2.75, 3.05) is 11.9 Å². The lowest BCUT2D eigenvalue weighted by atomic mass is 10.2. The number of nitrogens with zero attached hydrogens (tertiary/aromatic N) is 1. The molecule has 6 nitrogen and oxygen atoms in total. The Morgan fingerprint density at radius 3 is 2.57 bits per heavy atom. The molecular weight excluding hydrogens is 317 g/mol. The average molecular weight is 334 g/mol. The lowest BCUT2D eigenvalue weighted by Crippen LogP contribution is -2.32. The molecule has 1 atom stereocenters. The van der Waals surface area contributed by atoms with Crippen molar-refractivity contribution >= 4 is 40.5 Å². The van der Waals surface area contributed by atoms with Crippen molar-refractivity contribution in [3.8, 4) is 0 Å². The second kappa shape index (κ2) is 8.05. The summed E-state index contributed by atoms with van der Waals surface area (Å²) in [6.45, 7) is 4.15. The van der Waals surface area contributed by atoms with E-state index in [4.69, 9.17) is 23.2 Å². The van der Waals surface area contributed by atoms with Crippen molar-refractivity contribution in [2.24, 2.45) is 0 Å². The van der Waals surface area contributed by atoms with E-state index < -0.39 is 4.92 Å². The molecule has 0 aliphatic heterocycles. The predicted molar refractivity (Wildman–Crippen MR) is 84.1 cm³/mol. The Hall–Kier alpha value is -1.53.